The Hall–Kier alpha value is -0.340. The standard InChI is InChI=1S/C14H25F3N4O3S.HI/c1-3-18-12(19-8-13(2)9-24-10-13)20-11-4-6-21(7-5-11)25(22,23)14(15,16)17;/h11H,3-10H2,1-2H3,(H2,18,19,20);1H. The lowest BCUT2D eigenvalue weighted by molar-refractivity contribution is -0.0945. The number of ether oxygens (including phenoxy) is 1. The van der Waals surface area contributed by atoms with E-state index in [9.17, 15) is 21.6 Å². The summed E-state index contributed by atoms with van der Waals surface area (Å²) >= 11 is 0. The molecule has 0 aromatic rings. The maximum Gasteiger partial charge on any atom is 0.511 e. The molecule has 0 saturated carbocycles. The highest BCUT2D eigenvalue weighted by Crippen LogP contribution is 2.29. The summed E-state index contributed by atoms with van der Waals surface area (Å²) in [6.45, 7) is 6.22. The molecule has 0 radical (unpaired) electrons. The number of piperidine rings is 1. The van der Waals surface area contributed by atoms with Crippen molar-refractivity contribution in [3.63, 3.8) is 0 Å². The molecular weight excluding hydrogens is 488 g/mol. The highest BCUT2D eigenvalue weighted by Gasteiger charge is 2.50. The monoisotopic (exact) mass is 514 g/mol. The smallest absolute Gasteiger partial charge is 0.380 e. The molecule has 26 heavy (non-hydrogen) atoms. The van der Waals surface area contributed by atoms with Crippen molar-refractivity contribution in [3.8, 4) is 0 Å². The zero-order valence-corrected chi connectivity index (χ0v) is 18.0. The summed E-state index contributed by atoms with van der Waals surface area (Å²) < 4.78 is 66.3. The number of hydrogen-bond donors (Lipinski definition) is 2. The maximum atomic E-state index is 12.6. The van der Waals surface area contributed by atoms with Crippen LogP contribution < -0.4 is 10.6 Å². The lowest BCUT2D eigenvalue weighted by atomic mass is 9.89. The first-order valence-electron chi connectivity index (χ1n) is 8.26. The number of guanidine groups is 1. The highest BCUT2D eigenvalue weighted by molar-refractivity contribution is 14.0. The molecule has 2 aliphatic heterocycles. The van der Waals surface area contributed by atoms with Crippen molar-refractivity contribution in [3.05, 3.63) is 0 Å². The number of nitrogens with zero attached hydrogens (tertiary/aromatic N) is 2. The van der Waals surface area contributed by atoms with Crippen LogP contribution in [-0.2, 0) is 14.8 Å². The van der Waals surface area contributed by atoms with Gasteiger partial charge >= 0.3 is 15.5 Å². The van der Waals surface area contributed by atoms with Crippen LogP contribution in [0.25, 0.3) is 0 Å². The molecule has 0 bridgehead atoms. The second-order valence-electron chi connectivity index (χ2n) is 6.77. The predicted octanol–water partition coefficient (Wildman–Crippen LogP) is 1.51. The minimum absolute atomic E-state index is 0. The Bertz CT molecular complexity index is 589. The minimum atomic E-state index is -5.25. The third kappa shape index (κ3) is 5.83. The molecule has 12 heteroatoms. The molecule has 7 nitrogen and oxygen atoms in total. The summed E-state index contributed by atoms with van der Waals surface area (Å²) in [4.78, 5) is 4.51. The predicted molar refractivity (Wildman–Crippen MR) is 103 cm³/mol. The van der Waals surface area contributed by atoms with Crippen LogP contribution in [0, 0.1) is 5.41 Å². The van der Waals surface area contributed by atoms with Crippen LogP contribution in [0.2, 0.25) is 0 Å². The van der Waals surface area contributed by atoms with E-state index >= 15 is 0 Å². The Morgan fingerprint density at radius 2 is 1.88 bits per heavy atom. The van der Waals surface area contributed by atoms with Crippen LogP contribution in [0.3, 0.4) is 0 Å². The molecule has 2 N–H and O–H groups in total. The Balaban J connectivity index is 0.00000338. The number of halogens is 4. The number of rotatable bonds is 5. The molecule has 2 heterocycles. The summed E-state index contributed by atoms with van der Waals surface area (Å²) in [7, 11) is -5.24. The van der Waals surface area contributed by atoms with Gasteiger partial charge in [0.1, 0.15) is 0 Å². The maximum absolute atomic E-state index is 12.6. The molecule has 2 saturated heterocycles. The Morgan fingerprint density at radius 3 is 2.31 bits per heavy atom. The molecular formula is C14H26F3IN4O3S. The van der Waals surface area contributed by atoms with Crippen LogP contribution >= 0.6 is 24.0 Å². The molecule has 0 aliphatic carbocycles. The first kappa shape index (κ1) is 23.7. The number of hydrogen-bond acceptors (Lipinski definition) is 4. The summed E-state index contributed by atoms with van der Waals surface area (Å²) in [6, 6.07) is -0.122. The fraction of sp³-hybridized carbons (Fsp3) is 0.929. The summed E-state index contributed by atoms with van der Waals surface area (Å²) in [5.74, 6) is 0.591. The zero-order valence-electron chi connectivity index (χ0n) is 14.8. The van der Waals surface area contributed by atoms with E-state index in [1.165, 1.54) is 0 Å². The first-order valence-corrected chi connectivity index (χ1v) is 9.70. The van der Waals surface area contributed by atoms with Crippen molar-refractivity contribution in [1.29, 1.82) is 0 Å². The van der Waals surface area contributed by atoms with Gasteiger partial charge in [0, 0.05) is 31.1 Å². The van der Waals surface area contributed by atoms with Gasteiger partial charge < -0.3 is 15.4 Å². The van der Waals surface area contributed by atoms with Gasteiger partial charge in [0.05, 0.1) is 19.8 Å². The van der Waals surface area contributed by atoms with E-state index in [2.05, 4.69) is 22.5 Å². The normalized spacial score (nSPS) is 22.3. The second-order valence-corrected chi connectivity index (χ2v) is 8.70. The van der Waals surface area contributed by atoms with Gasteiger partial charge in [0.15, 0.2) is 5.96 Å². The first-order chi connectivity index (χ1) is 11.6. The van der Waals surface area contributed by atoms with Crippen LogP contribution in [0.1, 0.15) is 26.7 Å². The van der Waals surface area contributed by atoms with Crippen LogP contribution in [0.15, 0.2) is 4.99 Å². The number of alkyl halides is 3. The lowest BCUT2D eigenvalue weighted by Gasteiger charge is -2.37. The van der Waals surface area contributed by atoms with Gasteiger partial charge in [-0.15, -0.1) is 24.0 Å². The Kier molecular flexibility index (Phi) is 8.42. The molecule has 0 aromatic heterocycles. The molecule has 2 rings (SSSR count). The quantitative estimate of drug-likeness (QED) is 0.330. The summed E-state index contributed by atoms with van der Waals surface area (Å²) in [5.41, 5.74) is -5.23. The Morgan fingerprint density at radius 1 is 1.31 bits per heavy atom. The zero-order chi connectivity index (χ0) is 18.7. The van der Waals surface area contributed by atoms with Crippen molar-refractivity contribution in [1.82, 2.24) is 14.9 Å². The topological polar surface area (TPSA) is 83.0 Å². The van der Waals surface area contributed by atoms with E-state index in [1.807, 2.05) is 6.92 Å². The van der Waals surface area contributed by atoms with Crippen molar-refractivity contribution in [2.24, 2.45) is 10.4 Å². The third-order valence-corrected chi connectivity index (χ3v) is 5.92. The van der Waals surface area contributed by atoms with Gasteiger partial charge in [-0.2, -0.15) is 17.5 Å². The summed E-state index contributed by atoms with van der Waals surface area (Å²) in [5, 5.41) is 6.29. The summed E-state index contributed by atoms with van der Waals surface area (Å²) in [6.07, 6.45) is 0.584. The van der Waals surface area contributed by atoms with Crippen molar-refractivity contribution >= 4 is 40.0 Å². The molecule has 0 unspecified atom stereocenters. The average Bonchev–Trinajstić information content (AvgIpc) is 2.50. The van der Waals surface area contributed by atoms with Crippen LogP contribution in [0.5, 0.6) is 0 Å². The van der Waals surface area contributed by atoms with Crippen LogP contribution in [-0.4, -0.2) is 69.6 Å². The van der Waals surface area contributed by atoms with Gasteiger partial charge in [0.2, 0.25) is 0 Å². The molecule has 2 fully saturated rings. The van der Waals surface area contributed by atoms with E-state index in [1.54, 1.807) is 0 Å². The number of nitrogens with one attached hydrogen (secondary N) is 2. The van der Waals surface area contributed by atoms with Gasteiger partial charge in [-0.3, -0.25) is 4.99 Å². The SMILES string of the molecule is CCNC(=NCC1(C)COC1)NC1CCN(S(=O)(=O)C(F)(F)F)CC1.I. The van der Waals surface area contributed by atoms with Gasteiger partial charge in [-0.05, 0) is 19.8 Å². The fourth-order valence-electron chi connectivity index (χ4n) is 2.71. The van der Waals surface area contributed by atoms with Crippen LogP contribution in [0.4, 0.5) is 13.2 Å². The van der Waals surface area contributed by atoms with E-state index in [0.29, 0.717) is 49.4 Å². The van der Waals surface area contributed by atoms with E-state index < -0.39 is 15.5 Å². The van der Waals surface area contributed by atoms with Gasteiger partial charge in [-0.25, -0.2) is 8.42 Å². The fourth-order valence-corrected chi connectivity index (χ4v) is 3.70. The van der Waals surface area contributed by atoms with E-state index in [4.69, 9.17) is 4.74 Å². The second kappa shape index (κ2) is 9.24. The van der Waals surface area contributed by atoms with E-state index in [-0.39, 0.29) is 48.5 Å². The molecule has 0 spiro atoms. The molecule has 0 amide bonds. The molecule has 0 aromatic carbocycles. The van der Waals surface area contributed by atoms with Gasteiger partial charge in [0.25, 0.3) is 0 Å². The number of aliphatic imine (C=N–C) groups is 1. The molecule has 154 valence electrons. The number of sulfonamides is 1. The molecule has 0 atom stereocenters. The molecule has 2 aliphatic rings. The minimum Gasteiger partial charge on any atom is -0.380 e. The lowest BCUT2D eigenvalue weighted by Crippen LogP contribution is -2.52. The van der Waals surface area contributed by atoms with Crippen molar-refractivity contribution < 1.29 is 26.3 Å². The van der Waals surface area contributed by atoms with Crippen molar-refractivity contribution in [2.45, 2.75) is 38.2 Å². The van der Waals surface area contributed by atoms with Gasteiger partial charge in [-0.1, -0.05) is 6.92 Å². The Labute approximate surface area is 169 Å². The van der Waals surface area contributed by atoms with Crippen molar-refractivity contribution in [2.75, 3.05) is 39.4 Å². The highest BCUT2D eigenvalue weighted by atomic mass is 127. The third-order valence-electron chi connectivity index (χ3n) is 4.29. The largest absolute Gasteiger partial charge is 0.511 e. The van der Waals surface area contributed by atoms with E-state index in [0.717, 1.165) is 0 Å². The average molecular weight is 514 g/mol.